The number of ether oxygens (including phenoxy) is 1. The minimum Gasteiger partial charge on any atom is -0.496 e. The summed E-state index contributed by atoms with van der Waals surface area (Å²) in [7, 11) is 1.68. The Morgan fingerprint density at radius 3 is 2.38 bits per heavy atom. The van der Waals surface area contributed by atoms with Gasteiger partial charge < -0.3 is 4.74 Å². The summed E-state index contributed by atoms with van der Waals surface area (Å²) in [6.07, 6.45) is 0.668. The number of carbonyl (C=O) groups excluding carboxylic acids is 1. The van der Waals surface area contributed by atoms with E-state index < -0.39 is 0 Å². The standard InChI is InChI=1S/C31H36N4O2/c1-23-13-14-24(2)27(19-23)29-20-28(26-11-7-8-12-30(26)37-3)32-35(29)31(36)22-34-17-15-33(16-18-34)21-25-9-5-4-6-10-25/h4-14,19,29H,15-18,20-22H2,1-3H3/t29-/m0/s1. The molecule has 5 rings (SSSR count). The molecule has 2 aliphatic rings. The van der Waals surface area contributed by atoms with E-state index in [1.807, 2.05) is 24.3 Å². The number of methoxy groups -OCH3 is 1. The lowest BCUT2D eigenvalue weighted by Gasteiger charge is -2.35. The topological polar surface area (TPSA) is 48.4 Å². The van der Waals surface area contributed by atoms with Crippen LogP contribution in [0.3, 0.4) is 0 Å². The zero-order valence-corrected chi connectivity index (χ0v) is 22.1. The van der Waals surface area contributed by atoms with E-state index in [1.54, 1.807) is 12.1 Å². The van der Waals surface area contributed by atoms with Gasteiger partial charge >= 0.3 is 0 Å². The van der Waals surface area contributed by atoms with Gasteiger partial charge in [0.05, 0.1) is 25.4 Å². The maximum Gasteiger partial charge on any atom is 0.257 e. The summed E-state index contributed by atoms with van der Waals surface area (Å²) in [6.45, 7) is 9.22. The Hall–Kier alpha value is -3.48. The Kier molecular flexibility index (Phi) is 7.68. The molecule has 6 nitrogen and oxygen atoms in total. The van der Waals surface area contributed by atoms with Crippen LogP contribution in [0.15, 0.2) is 77.9 Å². The molecule has 0 bridgehead atoms. The van der Waals surface area contributed by atoms with Crippen LogP contribution in [0, 0.1) is 13.8 Å². The first-order chi connectivity index (χ1) is 18.0. The Morgan fingerprint density at radius 1 is 0.919 bits per heavy atom. The smallest absolute Gasteiger partial charge is 0.257 e. The number of hydrogen-bond donors (Lipinski definition) is 0. The first-order valence-corrected chi connectivity index (χ1v) is 13.1. The van der Waals surface area contributed by atoms with Crippen molar-refractivity contribution in [1.82, 2.24) is 14.8 Å². The molecule has 1 atom stereocenters. The molecule has 0 unspecified atom stereocenters. The number of piperazine rings is 1. The molecule has 0 aromatic heterocycles. The first kappa shape index (κ1) is 25.2. The van der Waals surface area contributed by atoms with Crippen LogP contribution in [0.25, 0.3) is 0 Å². The van der Waals surface area contributed by atoms with Crippen molar-refractivity contribution in [3.8, 4) is 5.75 Å². The molecule has 0 aliphatic carbocycles. The number of carbonyl (C=O) groups is 1. The molecule has 1 saturated heterocycles. The van der Waals surface area contributed by atoms with Gasteiger partial charge in [0, 0.05) is 44.7 Å². The summed E-state index contributed by atoms with van der Waals surface area (Å²) >= 11 is 0. The predicted octanol–water partition coefficient (Wildman–Crippen LogP) is 4.81. The second-order valence-corrected chi connectivity index (χ2v) is 10.1. The van der Waals surface area contributed by atoms with Crippen molar-refractivity contribution in [3.63, 3.8) is 0 Å². The van der Waals surface area contributed by atoms with Crippen molar-refractivity contribution in [3.05, 3.63) is 101 Å². The lowest BCUT2D eigenvalue weighted by molar-refractivity contribution is -0.134. The van der Waals surface area contributed by atoms with Crippen molar-refractivity contribution in [2.45, 2.75) is 32.9 Å². The lowest BCUT2D eigenvalue weighted by atomic mass is 9.93. The second-order valence-electron chi connectivity index (χ2n) is 10.1. The van der Waals surface area contributed by atoms with Crippen LogP contribution in [0.5, 0.6) is 5.75 Å². The molecule has 3 aromatic carbocycles. The van der Waals surface area contributed by atoms with Crippen molar-refractivity contribution >= 4 is 11.6 Å². The normalized spacial score (nSPS) is 18.6. The predicted molar refractivity (Wildman–Crippen MR) is 148 cm³/mol. The monoisotopic (exact) mass is 496 g/mol. The molecule has 1 amide bonds. The largest absolute Gasteiger partial charge is 0.496 e. The third-order valence-corrected chi connectivity index (χ3v) is 7.45. The first-order valence-electron chi connectivity index (χ1n) is 13.1. The van der Waals surface area contributed by atoms with E-state index in [1.165, 1.54) is 16.7 Å². The average molecular weight is 497 g/mol. The molecule has 37 heavy (non-hydrogen) atoms. The van der Waals surface area contributed by atoms with Gasteiger partial charge in [0.25, 0.3) is 5.91 Å². The molecule has 192 valence electrons. The van der Waals surface area contributed by atoms with Gasteiger partial charge in [-0.2, -0.15) is 5.10 Å². The van der Waals surface area contributed by atoms with Crippen molar-refractivity contribution in [1.29, 1.82) is 0 Å². The number of hydrogen-bond acceptors (Lipinski definition) is 5. The maximum absolute atomic E-state index is 13.7. The van der Waals surface area contributed by atoms with Gasteiger partial charge in [0.15, 0.2) is 0 Å². The number of amides is 1. The molecule has 0 radical (unpaired) electrons. The van der Waals surface area contributed by atoms with E-state index in [9.17, 15) is 4.79 Å². The highest BCUT2D eigenvalue weighted by Gasteiger charge is 2.35. The van der Waals surface area contributed by atoms with Crippen LogP contribution in [-0.4, -0.2) is 66.3 Å². The van der Waals surface area contributed by atoms with Crippen LogP contribution in [-0.2, 0) is 11.3 Å². The number of benzene rings is 3. The van der Waals surface area contributed by atoms with Gasteiger partial charge in [0.2, 0.25) is 0 Å². The van der Waals surface area contributed by atoms with Gasteiger partial charge in [-0.05, 0) is 42.7 Å². The van der Waals surface area contributed by atoms with Crippen LogP contribution >= 0.6 is 0 Å². The van der Waals surface area contributed by atoms with E-state index in [2.05, 4.69) is 72.2 Å². The molecule has 6 heteroatoms. The van der Waals surface area contributed by atoms with Gasteiger partial charge in [-0.25, -0.2) is 5.01 Å². The lowest BCUT2D eigenvalue weighted by Crippen LogP contribution is -2.49. The molecule has 2 aliphatic heterocycles. The van der Waals surface area contributed by atoms with E-state index in [4.69, 9.17) is 9.84 Å². The fourth-order valence-corrected chi connectivity index (χ4v) is 5.36. The molecule has 3 aromatic rings. The highest BCUT2D eigenvalue weighted by Crippen LogP contribution is 2.36. The van der Waals surface area contributed by atoms with Gasteiger partial charge in [-0.3, -0.25) is 14.6 Å². The molecule has 0 saturated carbocycles. The third-order valence-electron chi connectivity index (χ3n) is 7.45. The molecule has 1 fully saturated rings. The Labute approximate surface area is 220 Å². The molecule has 0 N–H and O–H groups in total. The van der Waals surface area contributed by atoms with E-state index in [0.29, 0.717) is 13.0 Å². The number of nitrogens with zero attached hydrogens (tertiary/aromatic N) is 4. The van der Waals surface area contributed by atoms with Crippen molar-refractivity contribution in [2.75, 3.05) is 39.8 Å². The summed E-state index contributed by atoms with van der Waals surface area (Å²) in [5.41, 5.74) is 6.70. The van der Waals surface area contributed by atoms with E-state index >= 15 is 0 Å². The quantitative estimate of drug-likeness (QED) is 0.471. The fraction of sp³-hybridized carbons (Fsp3) is 0.355. The average Bonchev–Trinajstić information content (AvgIpc) is 3.37. The Balaban J connectivity index is 1.32. The highest BCUT2D eigenvalue weighted by molar-refractivity contribution is 6.05. The number of hydrazone groups is 1. The summed E-state index contributed by atoms with van der Waals surface area (Å²) in [6, 6.07) is 24.8. The van der Waals surface area contributed by atoms with Crippen LogP contribution in [0.2, 0.25) is 0 Å². The van der Waals surface area contributed by atoms with Crippen molar-refractivity contribution < 1.29 is 9.53 Å². The van der Waals surface area contributed by atoms with Crippen LogP contribution in [0.4, 0.5) is 0 Å². The summed E-state index contributed by atoms with van der Waals surface area (Å²) < 4.78 is 5.61. The zero-order chi connectivity index (χ0) is 25.8. The minimum absolute atomic E-state index is 0.0484. The number of rotatable bonds is 7. The summed E-state index contributed by atoms with van der Waals surface area (Å²) in [5, 5.41) is 6.65. The number of para-hydroxylation sites is 1. The Morgan fingerprint density at radius 2 is 1.62 bits per heavy atom. The SMILES string of the molecule is COc1ccccc1C1=NN(C(=O)CN2CCN(Cc3ccccc3)CC2)[C@H](c2cc(C)ccc2C)C1. The molecular weight excluding hydrogens is 460 g/mol. The molecular formula is C31H36N4O2. The van der Waals surface area contributed by atoms with Gasteiger partial charge in [0.1, 0.15) is 5.75 Å². The van der Waals surface area contributed by atoms with Gasteiger partial charge in [-0.1, -0.05) is 66.2 Å². The highest BCUT2D eigenvalue weighted by atomic mass is 16.5. The summed E-state index contributed by atoms with van der Waals surface area (Å²) in [4.78, 5) is 18.5. The third kappa shape index (κ3) is 5.76. The second kappa shape index (κ2) is 11.3. The number of aryl methyl sites for hydroxylation is 2. The van der Waals surface area contributed by atoms with E-state index in [0.717, 1.165) is 55.3 Å². The van der Waals surface area contributed by atoms with Gasteiger partial charge in [-0.15, -0.1) is 0 Å². The van der Waals surface area contributed by atoms with E-state index in [-0.39, 0.29) is 11.9 Å². The minimum atomic E-state index is -0.119. The Bertz CT molecular complexity index is 1270. The molecule has 0 spiro atoms. The van der Waals surface area contributed by atoms with Crippen LogP contribution < -0.4 is 4.74 Å². The fourth-order valence-electron chi connectivity index (χ4n) is 5.36. The summed E-state index contributed by atoms with van der Waals surface area (Å²) in [5.74, 6) is 0.831. The van der Waals surface area contributed by atoms with Crippen molar-refractivity contribution in [2.24, 2.45) is 5.10 Å². The maximum atomic E-state index is 13.7. The van der Waals surface area contributed by atoms with Crippen LogP contribution in [0.1, 0.15) is 40.3 Å². The molecule has 2 heterocycles. The zero-order valence-electron chi connectivity index (χ0n) is 22.1.